The molecule has 3 nitrogen and oxygen atoms in total. The quantitative estimate of drug-likeness (QED) is 0.721. The molecule has 0 saturated heterocycles. The van der Waals surface area contributed by atoms with E-state index < -0.39 is 0 Å². The number of aromatic nitrogens is 1. The molecule has 2 aromatic rings. The van der Waals surface area contributed by atoms with Gasteiger partial charge in [-0.15, -0.1) is 22.9 Å². The van der Waals surface area contributed by atoms with Gasteiger partial charge in [0, 0.05) is 18.1 Å². The third kappa shape index (κ3) is 4.28. The summed E-state index contributed by atoms with van der Waals surface area (Å²) in [6.07, 6.45) is 0.102. The number of methoxy groups -OCH3 is 1. The maximum absolute atomic E-state index is 5.77. The Morgan fingerprint density at radius 2 is 2.05 bits per heavy atom. The minimum absolute atomic E-state index is 0.102. The molecule has 108 valence electrons. The van der Waals surface area contributed by atoms with Crippen LogP contribution in [-0.2, 0) is 22.0 Å². The Morgan fingerprint density at radius 1 is 1.30 bits per heavy atom. The van der Waals surface area contributed by atoms with Gasteiger partial charge in [-0.1, -0.05) is 24.3 Å². The average Bonchev–Trinajstić information content (AvgIpc) is 2.95. The van der Waals surface area contributed by atoms with E-state index in [9.17, 15) is 0 Å². The largest absolute Gasteiger partial charge is 0.382 e. The normalized spacial score (nSPS) is 12.6. The van der Waals surface area contributed by atoms with Crippen molar-refractivity contribution in [2.45, 2.75) is 25.5 Å². The van der Waals surface area contributed by atoms with E-state index in [0.29, 0.717) is 19.1 Å². The zero-order valence-corrected chi connectivity index (χ0v) is 13.2. The number of ether oxygens (including phenoxy) is 2. The number of alkyl halides is 1. The fourth-order valence-electron chi connectivity index (χ4n) is 1.77. The van der Waals surface area contributed by atoms with Gasteiger partial charge in [-0.25, -0.2) is 4.98 Å². The van der Waals surface area contributed by atoms with E-state index in [-0.39, 0.29) is 6.10 Å². The zero-order chi connectivity index (χ0) is 14.4. The summed E-state index contributed by atoms with van der Waals surface area (Å²) in [5.74, 6) is 0.458. The Morgan fingerprint density at radius 3 is 2.65 bits per heavy atom. The zero-order valence-electron chi connectivity index (χ0n) is 11.6. The number of hydrogen-bond donors (Lipinski definition) is 0. The summed E-state index contributed by atoms with van der Waals surface area (Å²) in [6.45, 7) is 3.20. The van der Waals surface area contributed by atoms with E-state index in [1.54, 1.807) is 18.4 Å². The van der Waals surface area contributed by atoms with Gasteiger partial charge in [0.25, 0.3) is 0 Å². The van der Waals surface area contributed by atoms with Crippen LogP contribution in [0.4, 0.5) is 0 Å². The molecule has 0 aliphatic carbocycles. The highest BCUT2D eigenvalue weighted by Crippen LogP contribution is 2.24. The lowest BCUT2D eigenvalue weighted by molar-refractivity contribution is -0.000121. The maximum Gasteiger partial charge on any atom is 0.123 e. The third-order valence-electron chi connectivity index (χ3n) is 2.83. The Hall–Kier alpha value is -0.940. The lowest BCUT2D eigenvalue weighted by atomic mass is 10.1. The van der Waals surface area contributed by atoms with E-state index in [1.165, 1.54) is 0 Å². The highest BCUT2D eigenvalue weighted by molar-refractivity contribution is 7.13. The van der Waals surface area contributed by atoms with E-state index in [2.05, 4.69) is 29.2 Å². The molecule has 1 atom stereocenters. The van der Waals surface area contributed by atoms with Crippen LogP contribution in [0.5, 0.6) is 0 Å². The van der Waals surface area contributed by atoms with Gasteiger partial charge in [-0.2, -0.15) is 0 Å². The molecule has 1 aromatic heterocycles. The number of halogens is 1. The molecular weight excluding hydrogens is 294 g/mol. The van der Waals surface area contributed by atoms with E-state index in [1.807, 2.05) is 12.3 Å². The molecule has 0 spiro atoms. The second kappa shape index (κ2) is 7.74. The van der Waals surface area contributed by atoms with Crippen molar-refractivity contribution in [2.24, 2.45) is 0 Å². The number of nitrogens with zero attached hydrogens (tertiary/aromatic N) is 1. The molecule has 0 bridgehead atoms. The van der Waals surface area contributed by atoms with Crippen molar-refractivity contribution in [2.75, 3.05) is 13.7 Å². The van der Waals surface area contributed by atoms with Crippen molar-refractivity contribution in [3.8, 4) is 10.6 Å². The standard InChI is InChI=1S/C15H18ClNO2S/c1-11(8-18-2)19-9-12-3-5-13(6-4-12)15-17-14(7-16)10-20-15/h3-6,10-11H,7-9H2,1-2H3. The molecule has 0 saturated carbocycles. The first-order valence-corrected chi connectivity index (χ1v) is 7.84. The van der Waals surface area contributed by atoms with Crippen LogP contribution in [0.15, 0.2) is 29.6 Å². The van der Waals surface area contributed by atoms with Crippen molar-refractivity contribution < 1.29 is 9.47 Å². The summed E-state index contributed by atoms with van der Waals surface area (Å²) in [7, 11) is 1.68. The molecular formula is C15H18ClNO2S. The Balaban J connectivity index is 1.95. The average molecular weight is 312 g/mol. The summed E-state index contributed by atoms with van der Waals surface area (Å²) >= 11 is 7.38. The number of hydrogen-bond acceptors (Lipinski definition) is 4. The molecule has 20 heavy (non-hydrogen) atoms. The highest BCUT2D eigenvalue weighted by Gasteiger charge is 2.05. The van der Waals surface area contributed by atoms with Gasteiger partial charge in [-0.3, -0.25) is 0 Å². The molecule has 0 amide bonds. The van der Waals surface area contributed by atoms with E-state index in [0.717, 1.165) is 21.8 Å². The van der Waals surface area contributed by atoms with Gasteiger partial charge in [-0.05, 0) is 12.5 Å². The number of thiazole rings is 1. The third-order valence-corrected chi connectivity index (χ3v) is 4.04. The van der Waals surface area contributed by atoms with Crippen molar-refractivity contribution in [1.29, 1.82) is 0 Å². The van der Waals surface area contributed by atoms with E-state index in [4.69, 9.17) is 21.1 Å². The van der Waals surface area contributed by atoms with Gasteiger partial charge < -0.3 is 9.47 Å². The first-order valence-electron chi connectivity index (χ1n) is 6.43. The highest BCUT2D eigenvalue weighted by atomic mass is 35.5. The van der Waals surface area contributed by atoms with Crippen LogP contribution in [0, 0.1) is 0 Å². The molecule has 2 rings (SSSR count). The van der Waals surface area contributed by atoms with Crippen molar-refractivity contribution in [3.05, 3.63) is 40.9 Å². The van der Waals surface area contributed by atoms with Crippen LogP contribution in [0.3, 0.4) is 0 Å². The van der Waals surface area contributed by atoms with E-state index >= 15 is 0 Å². The lowest BCUT2D eigenvalue weighted by Gasteiger charge is -2.11. The summed E-state index contributed by atoms with van der Waals surface area (Å²) in [5.41, 5.74) is 3.18. The van der Waals surface area contributed by atoms with Gasteiger partial charge in [0.05, 0.1) is 30.9 Å². The summed E-state index contributed by atoms with van der Waals surface area (Å²) in [4.78, 5) is 4.47. The summed E-state index contributed by atoms with van der Waals surface area (Å²) in [6, 6.07) is 8.26. The predicted octanol–water partition coefficient (Wildman–Crippen LogP) is 4.10. The van der Waals surface area contributed by atoms with Gasteiger partial charge >= 0.3 is 0 Å². The predicted molar refractivity (Wildman–Crippen MR) is 83.2 cm³/mol. The Kier molecular flexibility index (Phi) is 5.98. The molecule has 1 unspecified atom stereocenters. The minimum Gasteiger partial charge on any atom is -0.382 e. The minimum atomic E-state index is 0.102. The van der Waals surface area contributed by atoms with Crippen LogP contribution >= 0.6 is 22.9 Å². The molecule has 0 radical (unpaired) electrons. The maximum atomic E-state index is 5.77. The van der Waals surface area contributed by atoms with Gasteiger partial charge in [0.2, 0.25) is 0 Å². The molecule has 0 N–H and O–H groups in total. The van der Waals surface area contributed by atoms with Gasteiger partial charge in [0.15, 0.2) is 0 Å². The molecule has 5 heteroatoms. The number of benzene rings is 1. The van der Waals surface area contributed by atoms with Crippen LogP contribution in [0.1, 0.15) is 18.2 Å². The fraction of sp³-hybridized carbons (Fsp3) is 0.400. The lowest BCUT2D eigenvalue weighted by Crippen LogP contribution is -2.14. The number of rotatable bonds is 7. The first kappa shape index (κ1) is 15.4. The monoisotopic (exact) mass is 311 g/mol. The van der Waals surface area contributed by atoms with Crippen LogP contribution < -0.4 is 0 Å². The van der Waals surface area contributed by atoms with Gasteiger partial charge in [0.1, 0.15) is 5.01 Å². The van der Waals surface area contributed by atoms with Crippen LogP contribution in [0.2, 0.25) is 0 Å². The van der Waals surface area contributed by atoms with Crippen LogP contribution in [-0.4, -0.2) is 24.8 Å². The molecule has 1 aromatic carbocycles. The second-order valence-electron chi connectivity index (χ2n) is 4.55. The molecule has 0 fully saturated rings. The molecule has 0 aliphatic heterocycles. The smallest absolute Gasteiger partial charge is 0.123 e. The molecule has 1 heterocycles. The van der Waals surface area contributed by atoms with Crippen molar-refractivity contribution in [3.63, 3.8) is 0 Å². The SMILES string of the molecule is COCC(C)OCc1ccc(-c2nc(CCl)cs2)cc1. The van der Waals surface area contributed by atoms with Crippen molar-refractivity contribution in [1.82, 2.24) is 4.98 Å². The second-order valence-corrected chi connectivity index (χ2v) is 5.68. The van der Waals surface area contributed by atoms with Crippen LogP contribution in [0.25, 0.3) is 10.6 Å². The fourth-order valence-corrected chi connectivity index (χ4v) is 2.82. The van der Waals surface area contributed by atoms with Crippen molar-refractivity contribution >= 4 is 22.9 Å². The topological polar surface area (TPSA) is 31.4 Å². The summed E-state index contributed by atoms with van der Waals surface area (Å²) in [5, 5.41) is 2.99. The summed E-state index contributed by atoms with van der Waals surface area (Å²) < 4.78 is 10.7. The Bertz CT molecular complexity index is 527. The molecule has 0 aliphatic rings. The first-order chi connectivity index (χ1) is 9.72. The Labute approximate surface area is 128 Å².